The number of alkyl halides is 3. The highest BCUT2D eigenvalue weighted by Gasteiger charge is 2.26. The Kier molecular flexibility index (Phi) is 12.2. The van der Waals surface area contributed by atoms with Crippen molar-refractivity contribution in [1.82, 2.24) is 16.0 Å². The molecule has 142 valence electrons. The van der Waals surface area contributed by atoms with Gasteiger partial charge in [0.15, 0.2) is 5.96 Å². The Morgan fingerprint density at radius 3 is 2.42 bits per heavy atom. The largest absolute Gasteiger partial charge is 0.390 e. The van der Waals surface area contributed by atoms with Crippen molar-refractivity contribution < 1.29 is 18.0 Å². The smallest absolute Gasteiger partial charge is 0.357 e. The lowest BCUT2D eigenvalue weighted by atomic mass is 9.95. The number of nitrogens with one attached hydrogen (secondary N) is 3. The van der Waals surface area contributed by atoms with Gasteiger partial charge in [0.05, 0.1) is 13.0 Å². The normalized spacial score (nSPS) is 16.2. The van der Waals surface area contributed by atoms with Crippen LogP contribution >= 0.6 is 24.0 Å². The predicted molar refractivity (Wildman–Crippen MR) is 99.7 cm³/mol. The molecule has 1 rings (SSSR count). The molecule has 0 aromatic rings. The van der Waals surface area contributed by atoms with E-state index in [1.54, 1.807) is 0 Å². The fourth-order valence-corrected chi connectivity index (χ4v) is 2.48. The molecule has 1 aliphatic carbocycles. The zero-order chi connectivity index (χ0) is 17.1. The maximum absolute atomic E-state index is 12.1. The van der Waals surface area contributed by atoms with Crippen molar-refractivity contribution in [3.63, 3.8) is 0 Å². The van der Waals surface area contributed by atoms with Crippen LogP contribution in [0.5, 0.6) is 0 Å². The van der Waals surface area contributed by atoms with Crippen molar-refractivity contribution in [3.8, 4) is 0 Å². The summed E-state index contributed by atoms with van der Waals surface area (Å²) in [4.78, 5) is 15.7. The van der Waals surface area contributed by atoms with Crippen molar-refractivity contribution in [2.75, 3.05) is 19.6 Å². The van der Waals surface area contributed by atoms with E-state index in [0.29, 0.717) is 19.0 Å². The molecule has 0 saturated heterocycles. The Hall–Kier alpha value is -0.740. The molecule has 1 fully saturated rings. The number of hydrogen-bond acceptors (Lipinski definition) is 2. The molecule has 1 aliphatic rings. The minimum Gasteiger partial charge on any atom is -0.357 e. The Bertz CT molecular complexity index is 385. The summed E-state index contributed by atoms with van der Waals surface area (Å²) in [6.45, 7) is 2.40. The molecular weight excluding hydrogens is 436 g/mol. The van der Waals surface area contributed by atoms with Gasteiger partial charge in [-0.05, 0) is 19.8 Å². The molecule has 1 saturated carbocycles. The zero-order valence-corrected chi connectivity index (χ0v) is 16.4. The summed E-state index contributed by atoms with van der Waals surface area (Å²) >= 11 is 0. The molecule has 0 atom stereocenters. The summed E-state index contributed by atoms with van der Waals surface area (Å²) in [6, 6.07) is 0.268. The summed E-state index contributed by atoms with van der Waals surface area (Å²) in [6.07, 6.45) is 0.710. The predicted octanol–water partition coefficient (Wildman–Crippen LogP) is 2.95. The summed E-state index contributed by atoms with van der Waals surface area (Å²) < 4.78 is 36.3. The molecule has 0 aromatic heterocycles. The van der Waals surface area contributed by atoms with E-state index in [9.17, 15) is 18.0 Å². The van der Waals surface area contributed by atoms with Crippen LogP contribution in [-0.2, 0) is 4.79 Å². The van der Waals surface area contributed by atoms with Gasteiger partial charge in [0.1, 0.15) is 0 Å². The summed E-state index contributed by atoms with van der Waals surface area (Å²) in [5.41, 5.74) is 0. The lowest BCUT2D eigenvalue weighted by Crippen LogP contribution is -2.41. The molecule has 3 N–H and O–H groups in total. The number of carbonyl (C=O) groups excluding carboxylic acids is 1. The Balaban J connectivity index is 0.00000529. The van der Waals surface area contributed by atoms with Crippen molar-refractivity contribution in [3.05, 3.63) is 0 Å². The topological polar surface area (TPSA) is 65.5 Å². The average Bonchev–Trinajstić information content (AvgIpc) is 2.47. The molecule has 0 heterocycles. The van der Waals surface area contributed by atoms with E-state index in [2.05, 4.69) is 20.9 Å². The van der Waals surface area contributed by atoms with Gasteiger partial charge in [0.25, 0.3) is 0 Å². The summed E-state index contributed by atoms with van der Waals surface area (Å²) in [5.74, 6) is 0.276. The first-order valence-electron chi connectivity index (χ1n) is 8.29. The van der Waals surface area contributed by atoms with E-state index in [1.807, 2.05) is 6.92 Å². The average molecular weight is 464 g/mol. The second-order valence-electron chi connectivity index (χ2n) is 5.71. The minimum absolute atomic E-state index is 0. The Labute approximate surface area is 158 Å². The molecule has 0 unspecified atom stereocenters. The fourth-order valence-electron chi connectivity index (χ4n) is 2.48. The molecule has 0 bridgehead atoms. The number of halogens is 4. The first-order chi connectivity index (χ1) is 10.9. The van der Waals surface area contributed by atoms with Gasteiger partial charge in [0, 0.05) is 25.6 Å². The highest BCUT2D eigenvalue weighted by molar-refractivity contribution is 14.0. The number of amides is 1. The van der Waals surface area contributed by atoms with E-state index in [0.717, 1.165) is 25.7 Å². The van der Waals surface area contributed by atoms with E-state index < -0.39 is 12.6 Å². The van der Waals surface area contributed by atoms with Crippen LogP contribution in [0.15, 0.2) is 4.99 Å². The van der Waals surface area contributed by atoms with Gasteiger partial charge in [-0.15, -0.1) is 24.0 Å². The van der Waals surface area contributed by atoms with Gasteiger partial charge in [-0.2, -0.15) is 13.2 Å². The molecule has 0 spiro atoms. The second-order valence-corrected chi connectivity index (χ2v) is 5.71. The summed E-state index contributed by atoms with van der Waals surface area (Å²) in [7, 11) is 0. The van der Waals surface area contributed by atoms with Gasteiger partial charge >= 0.3 is 6.18 Å². The van der Waals surface area contributed by atoms with Crippen LogP contribution in [0.2, 0.25) is 0 Å². The van der Waals surface area contributed by atoms with E-state index in [-0.39, 0.29) is 48.9 Å². The van der Waals surface area contributed by atoms with Crippen LogP contribution in [-0.4, -0.2) is 43.7 Å². The number of hydrogen-bond donors (Lipinski definition) is 3. The molecule has 0 radical (unpaired) electrons. The fraction of sp³-hybridized carbons (Fsp3) is 0.867. The number of aliphatic imine (C=N–C) groups is 1. The number of guanidine groups is 1. The van der Waals surface area contributed by atoms with Gasteiger partial charge in [-0.3, -0.25) is 9.79 Å². The van der Waals surface area contributed by atoms with Crippen LogP contribution in [0.25, 0.3) is 0 Å². The lowest BCUT2D eigenvalue weighted by Gasteiger charge is -2.22. The van der Waals surface area contributed by atoms with Crippen LogP contribution in [0.3, 0.4) is 0 Å². The van der Waals surface area contributed by atoms with Crippen molar-refractivity contribution in [1.29, 1.82) is 0 Å². The van der Waals surface area contributed by atoms with Crippen LogP contribution in [0.4, 0.5) is 13.2 Å². The first kappa shape index (κ1) is 23.3. The molecule has 0 aromatic carbocycles. The second kappa shape index (κ2) is 12.6. The maximum atomic E-state index is 12.1. The number of nitrogens with zero attached hydrogens (tertiary/aromatic N) is 1. The molecule has 5 nitrogen and oxygen atoms in total. The third-order valence-electron chi connectivity index (χ3n) is 3.62. The monoisotopic (exact) mass is 464 g/mol. The van der Waals surface area contributed by atoms with E-state index >= 15 is 0 Å². The van der Waals surface area contributed by atoms with E-state index in [4.69, 9.17) is 0 Å². The first-order valence-corrected chi connectivity index (χ1v) is 8.29. The van der Waals surface area contributed by atoms with Crippen molar-refractivity contribution >= 4 is 35.8 Å². The maximum Gasteiger partial charge on any atom is 0.390 e. The quantitative estimate of drug-likeness (QED) is 0.309. The molecule has 0 aliphatic heterocycles. The van der Waals surface area contributed by atoms with Crippen LogP contribution in [0, 0.1) is 0 Å². The third kappa shape index (κ3) is 11.7. The van der Waals surface area contributed by atoms with Gasteiger partial charge in [0.2, 0.25) is 5.91 Å². The highest BCUT2D eigenvalue weighted by Crippen LogP contribution is 2.19. The lowest BCUT2D eigenvalue weighted by molar-refractivity contribution is -0.132. The van der Waals surface area contributed by atoms with Crippen LogP contribution < -0.4 is 16.0 Å². The molecule has 1 amide bonds. The van der Waals surface area contributed by atoms with Gasteiger partial charge in [-0.1, -0.05) is 19.3 Å². The molecular formula is C15H28F3IN4O. The standard InChI is InChI=1S/C15H27F3N4O.HI/c1-2-19-14(21-11-9-15(16,17)18)20-10-8-13(23)22-12-6-4-3-5-7-12;/h12H,2-11H2,1H3,(H,22,23)(H2,19,20,21);1H. The van der Waals surface area contributed by atoms with Gasteiger partial charge < -0.3 is 16.0 Å². The third-order valence-corrected chi connectivity index (χ3v) is 3.62. The number of rotatable bonds is 7. The Morgan fingerprint density at radius 2 is 1.83 bits per heavy atom. The van der Waals surface area contributed by atoms with Gasteiger partial charge in [-0.25, -0.2) is 0 Å². The minimum atomic E-state index is -4.21. The molecule has 24 heavy (non-hydrogen) atoms. The van der Waals surface area contributed by atoms with Crippen molar-refractivity contribution in [2.45, 2.75) is 64.1 Å². The van der Waals surface area contributed by atoms with E-state index in [1.165, 1.54) is 6.42 Å². The zero-order valence-electron chi connectivity index (χ0n) is 14.0. The molecule has 9 heteroatoms. The number of carbonyl (C=O) groups is 1. The van der Waals surface area contributed by atoms with Crippen LogP contribution in [0.1, 0.15) is 51.9 Å². The summed E-state index contributed by atoms with van der Waals surface area (Å²) in [5, 5.41) is 8.75. The highest BCUT2D eigenvalue weighted by atomic mass is 127. The van der Waals surface area contributed by atoms with Crippen molar-refractivity contribution in [2.24, 2.45) is 4.99 Å². The SMILES string of the molecule is CCNC(=NCCC(F)(F)F)NCCC(=O)NC1CCCCC1.I. The Morgan fingerprint density at radius 1 is 1.17 bits per heavy atom.